The molecule has 1 unspecified atom stereocenters. The van der Waals surface area contributed by atoms with Crippen LogP contribution >= 0.6 is 0 Å². The van der Waals surface area contributed by atoms with Crippen molar-refractivity contribution in [2.45, 2.75) is 131 Å². The van der Waals surface area contributed by atoms with Crippen LogP contribution in [0.5, 0.6) is 0 Å². The molecule has 24 nitrogen and oxygen atoms in total. The van der Waals surface area contributed by atoms with Crippen LogP contribution in [0.15, 0.2) is 140 Å². The summed E-state index contributed by atoms with van der Waals surface area (Å²) in [6, 6.07) is 36.8. The number of hydrogen-bond donors (Lipinski definition) is 0. The highest BCUT2D eigenvalue weighted by Crippen LogP contribution is 2.37. The Morgan fingerprint density at radius 1 is 0.359 bits per heavy atom. The van der Waals surface area contributed by atoms with Crippen molar-refractivity contribution in [2.75, 3.05) is 131 Å². The summed E-state index contributed by atoms with van der Waals surface area (Å²) in [6.45, 7) is 21.0. The largest absolute Gasteiger partial charge is 0.495 e. The molecule has 4 aliphatic rings. The van der Waals surface area contributed by atoms with E-state index in [9.17, 15) is 26.3 Å². The standard InChI is InChI=1S/C17H18BFO4.C15H22BFO4.C15H24BFO4.C12H16BFO4.C11H14BFO4.C11H16BFO4/c1-20-12-21-10-14-9-15(19)7-8-16(14)18-22-11-17(23-18)13-5-3-2-4-6-13;1-14(2)15(3,4)21-16(20-14)13-7-6-12(17)8-11(13)9-19-10-18-5;1-11(2)20-16(21-12(3)4)15-7-6-14(17)8-13(15)9-19-10-18-5;1-15-9-16-8-10-7-11(14)3-4-12(10)13-17-5-2-6-18-13;1-14-8-15-7-9-6-10(13)2-3-11(9)12-16-4-5-17-12;1-14-8-17-7-9-6-10(13)4-5-11(9)12(15-2)16-3/h2-9,17H,10-12H2,1H3;6-8H,9-10H2,1-5H3;6-8,11-12H,9-10H2,1-5H3;3-4,7H,2,5-6,8-9H2,1H3;2-3,6H,4-5,7-8H2,1H3;4-6H,7-8H2,1-3H3. The molecule has 4 saturated heterocycles. The summed E-state index contributed by atoms with van der Waals surface area (Å²) >= 11 is 0. The normalized spacial score (nSPS) is 15.4. The Morgan fingerprint density at radius 3 is 0.991 bits per heavy atom. The van der Waals surface area contributed by atoms with Crippen molar-refractivity contribution < 1.29 is 139 Å². The molecule has 0 radical (unpaired) electrons. The van der Waals surface area contributed by atoms with Gasteiger partial charge >= 0.3 is 42.7 Å². The fourth-order valence-electron chi connectivity index (χ4n) is 11.6. The average molecular weight is 1650 g/mol. The summed E-state index contributed by atoms with van der Waals surface area (Å²) in [7, 11) is 9.29. The molecule has 0 N–H and O–H groups in total. The van der Waals surface area contributed by atoms with Gasteiger partial charge in [0.2, 0.25) is 0 Å². The van der Waals surface area contributed by atoms with Gasteiger partial charge < -0.3 is 113 Å². The Kier molecular flexibility index (Phi) is 45.9. The lowest BCUT2D eigenvalue weighted by Crippen LogP contribution is -2.42. The molecule has 1 atom stereocenters. The predicted molar refractivity (Wildman–Crippen MR) is 432 cm³/mol. The SMILES string of the molecule is COCOCc1cc(F)ccc1B(OC(C)C)OC(C)C.COCOCc1cc(F)ccc1B(OC)OC.COCOCc1cc(F)ccc1B1OC(C)(C)C(C)(C)O1.COCOCc1cc(F)ccc1B1OCC(c2ccccc2)O1.COCOCc1cc(F)ccc1B1OCCCO1.COCOCc1cc(F)ccc1B1OCCO1. The molecular weight excluding hydrogens is 1540 g/mol. The van der Waals surface area contributed by atoms with Crippen LogP contribution in [0.25, 0.3) is 0 Å². The summed E-state index contributed by atoms with van der Waals surface area (Å²) < 4.78 is 208. The van der Waals surface area contributed by atoms with Gasteiger partial charge in [-0.2, -0.15) is 0 Å². The Bertz CT molecular complexity index is 3790. The summed E-state index contributed by atoms with van der Waals surface area (Å²) in [5, 5.41) is 0. The van der Waals surface area contributed by atoms with Gasteiger partial charge in [0.15, 0.2) is 0 Å². The van der Waals surface area contributed by atoms with E-state index in [1.54, 1.807) is 64.8 Å². The third-order valence-corrected chi connectivity index (χ3v) is 17.7. The van der Waals surface area contributed by atoms with Crippen molar-refractivity contribution >= 4 is 75.5 Å². The minimum absolute atomic E-state index is 0.00783. The van der Waals surface area contributed by atoms with Crippen LogP contribution in [0.3, 0.4) is 0 Å². The third kappa shape index (κ3) is 34.2. The van der Waals surface area contributed by atoms with Crippen molar-refractivity contribution in [3.05, 3.63) is 213 Å². The van der Waals surface area contributed by atoms with Crippen molar-refractivity contribution in [1.82, 2.24) is 0 Å². The molecule has 7 aromatic carbocycles. The van der Waals surface area contributed by atoms with E-state index in [2.05, 4.69) is 0 Å². The number of benzene rings is 7. The Balaban J connectivity index is 0.000000219. The summed E-state index contributed by atoms with van der Waals surface area (Å²) in [5.74, 6) is -1.87. The fraction of sp³-hybridized carbons (Fsp3) is 0.481. The van der Waals surface area contributed by atoms with Crippen molar-refractivity contribution in [2.24, 2.45) is 0 Å². The van der Waals surface area contributed by atoms with Crippen molar-refractivity contribution in [3.8, 4) is 0 Å². The molecule has 0 aromatic heterocycles. The number of rotatable bonds is 37. The molecule has 0 bridgehead atoms. The second-order valence-corrected chi connectivity index (χ2v) is 27.9. The maximum absolute atomic E-state index is 13.5. The van der Waals surface area contributed by atoms with Gasteiger partial charge in [-0.25, -0.2) is 26.3 Å². The van der Waals surface area contributed by atoms with Crippen LogP contribution in [0.1, 0.15) is 107 Å². The molecule has 0 saturated carbocycles. The molecule has 4 heterocycles. The number of halogens is 6. The third-order valence-electron chi connectivity index (χ3n) is 17.7. The second kappa shape index (κ2) is 54.0. The lowest BCUT2D eigenvalue weighted by molar-refractivity contribution is -0.0390. The highest BCUT2D eigenvalue weighted by molar-refractivity contribution is 6.64. The first-order valence-corrected chi connectivity index (χ1v) is 37.9. The number of ether oxygens (including phenoxy) is 12. The first kappa shape index (κ1) is 99.4. The first-order valence-electron chi connectivity index (χ1n) is 37.9. The van der Waals surface area contributed by atoms with Gasteiger partial charge in [-0.1, -0.05) is 66.7 Å². The smallest absolute Gasteiger partial charge is 0.410 e. The summed E-state index contributed by atoms with van der Waals surface area (Å²) in [4.78, 5) is 0. The molecule has 7 aromatic rings. The average Bonchev–Trinajstić information content (AvgIpc) is 1.62. The molecule has 0 aliphatic carbocycles. The van der Waals surface area contributed by atoms with Crippen molar-refractivity contribution in [1.29, 1.82) is 0 Å². The molecule has 4 fully saturated rings. The molecule has 0 amide bonds. The molecule has 117 heavy (non-hydrogen) atoms. The highest BCUT2D eigenvalue weighted by atomic mass is 19.1. The maximum atomic E-state index is 13.5. The lowest BCUT2D eigenvalue weighted by atomic mass is 9.75. The zero-order chi connectivity index (χ0) is 85.1. The lowest BCUT2D eigenvalue weighted by Gasteiger charge is -2.32. The molecule has 36 heteroatoms. The molecule has 11 rings (SSSR count). The van der Waals surface area contributed by atoms with Crippen LogP contribution < -0.4 is 32.8 Å². The van der Waals surface area contributed by atoms with Gasteiger partial charge in [-0.05, 0) is 206 Å². The summed E-state index contributed by atoms with van der Waals surface area (Å²) in [6.07, 6.45) is 0.741. The van der Waals surface area contributed by atoms with Crippen LogP contribution in [-0.4, -0.2) is 197 Å². The van der Waals surface area contributed by atoms with Gasteiger partial charge in [0, 0.05) is 82.3 Å². The Labute approximate surface area is 686 Å². The van der Waals surface area contributed by atoms with E-state index in [0.29, 0.717) is 60.9 Å². The van der Waals surface area contributed by atoms with Gasteiger partial charge in [0.1, 0.15) is 75.7 Å². The van der Waals surface area contributed by atoms with Crippen LogP contribution in [0.2, 0.25) is 0 Å². The molecular formula is C81H110B6F6O24. The van der Waals surface area contributed by atoms with E-state index in [1.807, 2.05) is 85.7 Å². The van der Waals surface area contributed by atoms with Crippen LogP contribution in [-0.2, 0) is 152 Å². The van der Waals surface area contributed by atoms with E-state index in [4.69, 9.17) is 113 Å². The van der Waals surface area contributed by atoms with E-state index < -0.39 is 53.9 Å². The quantitative estimate of drug-likeness (QED) is 0.0153. The number of methoxy groups -OCH3 is 6. The van der Waals surface area contributed by atoms with Gasteiger partial charge in [-0.3, -0.25) is 0 Å². The Morgan fingerprint density at radius 2 is 0.658 bits per heavy atom. The minimum atomic E-state index is -0.549. The van der Waals surface area contributed by atoms with Gasteiger partial charge in [0.05, 0.1) is 76.8 Å². The zero-order valence-corrected chi connectivity index (χ0v) is 69.8. The first-order chi connectivity index (χ1) is 56.3. The van der Waals surface area contributed by atoms with E-state index in [-0.39, 0.29) is 134 Å². The minimum Gasteiger partial charge on any atom is -0.410 e. The maximum Gasteiger partial charge on any atom is 0.495 e. The van der Waals surface area contributed by atoms with Gasteiger partial charge in [-0.15, -0.1) is 0 Å². The molecule has 0 spiro atoms. The van der Waals surface area contributed by atoms with E-state index in [0.717, 1.165) is 50.3 Å². The molecule has 4 aliphatic heterocycles. The molecule has 638 valence electrons. The second-order valence-electron chi connectivity index (χ2n) is 27.9. The van der Waals surface area contributed by atoms with E-state index in [1.165, 1.54) is 101 Å². The Hall–Kier alpha value is -6.45. The topological polar surface area (TPSA) is 222 Å². The van der Waals surface area contributed by atoms with Crippen LogP contribution in [0, 0.1) is 34.9 Å². The van der Waals surface area contributed by atoms with Gasteiger partial charge in [0.25, 0.3) is 0 Å². The summed E-state index contributed by atoms with van der Waals surface area (Å²) in [5.41, 5.74) is 9.09. The van der Waals surface area contributed by atoms with Crippen LogP contribution in [0.4, 0.5) is 26.3 Å². The fourth-order valence-corrected chi connectivity index (χ4v) is 11.6. The zero-order valence-electron chi connectivity index (χ0n) is 69.8. The predicted octanol–water partition coefficient (Wildman–Crippen LogP) is 9.87. The van der Waals surface area contributed by atoms with E-state index >= 15 is 0 Å². The van der Waals surface area contributed by atoms with Crippen molar-refractivity contribution in [3.63, 3.8) is 0 Å². The number of hydrogen-bond acceptors (Lipinski definition) is 24. The highest BCUT2D eigenvalue weighted by Gasteiger charge is 2.52. The monoisotopic (exact) mass is 1650 g/mol.